The maximum absolute atomic E-state index is 12.3. The summed E-state index contributed by atoms with van der Waals surface area (Å²) in [7, 11) is 0. The Morgan fingerprint density at radius 3 is 2.77 bits per heavy atom. The molecule has 0 spiro atoms. The molecule has 8 heteroatoms. The molecule has 0 N–H and O–H groups in total. The van der Waals surface area contributed by atoms with E-state index in [0.717, 1.165) is 23.5 Å². The fourth-order valence-corrected chi connectivity index (χ4v) is 4.50. The Labute approximate surface area is 185 Å². The van der Waals surface area contributed by atoms with Crippen LogP contribution in [0.15, 0.2) is 48.1 Å². The van der Waals surface area contributed by atoms with E-state index in [-0.39, 0.29) is 17.9 Å². The summed E-state index contributed by atoms with van der Waals surface area (Å²) in [6, 6.07) is 9.61. The van der Waals surface area contributed by atoms with Gasteiger partial charge in [-0.1, -0.05) is 29.3 Å². The van der Waals surface area contributed by atoms with Gasteiger partial charge >= 0.3 is 0 Å². The number of piperazine rings is 1. The Kier molecular flexibility index (Phi) is 5.97. The fraction of sp³-hybridized carbons (Fsp3) is 0.318. The van der Waals surface area contributed by atoms with Crippen molar-refractivity contribution < 1.29 is 9.59 Å². The highest BCUT2D eigenvalue weighted by atomic mass is 35.5. The zero-order valence-electron chi connectivity index (χ0n) is 16.6. The Balaban J connectivity index is 1.64. The highest BCUT2D eigenvalue weighted by Gasteiger charge is 2.32. The summed E-state index contributed by atoms with van der Waals surface area (Å²) < 4.78 is 0. The van der Waals surface area contributed by atoms with Gasteiger partial charge in [-0.25, -0.2) is 0 Å². The van der Waals surface area contributed by atoms with E-state index in [9.17, 15) is 9.59 Å². The molecule has 0 bridgehead atoms. The number of halogens is 2. The number of amides is 2. The standard InChI is InChI=1S/C22H22Cl2N4O2/c1-15(29)28-8-7-26(22(30)4-5-23)14-21(28)17-9-18(24)11-19(10-17)27-12-16-3-2-6-25-20(16)13-27/h2-6,9-11,21H,7-8,12-14H2,1H3/b5-4-/t21-/m0/s1. The number of pyridine rings is 1. The van der Waals surface area contributed by atoms with Crippen LogP contribution in [0.5, 0.6) is 0 Å². The van der Waals surface area contributed by atoms with Gasteiger partial charge in [-0.05, 0) is 35.4 Å². The molecule has 1 aromatic heterocycles. The lowest BCUT2D eigenvalue weighted by atomic mass is 10.0. The molecule has 30 heavy (non-hydrogen) atoms. The molecule has 0 radical (unpaired) electrons. The van der Waals surface area contributed by atoms with Crippen molar-refractivity contribution in [3.63, 3.8) is 0 Å². The van der Waals surface area contributed by atoms with Crippen molar-refractivity contribution in [2.45, 2.75) is 26.1 Å². The van der Waals surface area contributed by atoms with Gasteiger partial charge in [0.05, 0.1) is 18.3 Å². The third-order valence-electron chi connectivity index (χ3n) is 5.64. The van der Waals surface area contributed by atoms with E-state index in [1.54, 1.807) is 22.9 Å². The van der Waals surface area contributed by atoms with Crippen molar-refractivity contribution in [3.05, 3.63) is 70.0 Å². The van der Waals surface area contributed by atoms with Crippen LogP contribution in [-0.2, 0) is 22.7 Å². The third kappa shape index (κ3) is 4.16. The number of aromatic nitrogens is 1. The van der Waals surface area contributed by atoms with E-state index in [2.05, 4.69) is 22.0 Å². The lowest BCUT2D eigenvalue weighted by molar-refractivity contribution is -0.139. The second kappa shape index (κ2) is 8.66. The van der Waals surface area contributed by atoms with E-state index < -0.39 is 0 Å². The summed E-state index contributed by atoms with van der Waals surface area (Å²) in [6.45, 7) is 4.34. The van der Waals surface area contributed by atoms with Gasteiger partial charge < -0.3 is 14.7 Å². The van der Waals surface area contributed by atoms with Crippen LogP contribution in [0.3, 0.4) is 0 Å². The van der Waals surface area contributed by atoms with Crippen LogP contribution in [-0.4, -0.2) is 46.2 Å². The van der Waals surface area contributed by atoms with Crippen molar-refractivity contribution >= 4 is 40.7 Å². The van der Waals surface area contributed by atoms with Gasteiger partial charge in [-0.3, -0.25) is 14.6 Å². The normalized spacial score (nSPS) is 18.8. The zero-order chi connectivity index (χ0) is 21.3. The lowest BCUT2D eigenvalue weighted by Crippen LogP contribution is -2.51. The second-order valence-electron chi connectivity index (χ2n) is 7.51. The van der Waals surface area contributed by atoms with Crippen LogP contribution >= 0.6 is 23.2 Å². The van der Waals surface area contributed by atoms with Crippen molar-refractivity contribution in [2.24, 2.45) is 0 Å². The van der Waals surface area contributed by atoms with Gasteiger partial charge in [-0.15, -0.1) is 0 Å². The van der Waals surface area contributed by atoms with Crippen LogP contribution in [0.2, 0.25) is 5.02 Å². The Bertz CT molecular complexity index is 985. The molecule has 6 nitrogen and oxygen atoms in total. The average molecular weight is 445 g/mol. The topological polar surface area (TPSA) is 56.8 Å². The van der Waals surface area contributed by atoms with Crippen LogP contribution in [0.25, 0.3) is 0 Å². The molecule has 2 amide bonds. The summed E-state index contributed by atoms with van der Waals surface area (Å²) >= 11 is 12.1. The van der Waals surface area contributed by atoms with E-state index in [1.165, 1.54) is 17.2 Å². The summed E-state index contributed by atoms with van der Waals surface area (Å²) in [5.41, 5.74) is 5.36. The van der Waals surface area contributed by atoms with Crippen LogP contribution in [0.4, 0.5) is 5.69 Å². The number of hydrogen-bond donors (Lipinski definition) is 0. The highest BCUT2D eigenvalue weighted by Crippen LogP contribution is 2.34. The molecule has 0 unspecified atom stereocenters. The van der Waals surface area contributed by atoms with Crippen molar-refractivity contribution in [1.82, 2.24) is 14.8 Å². The van der Waals surface area contributed by atoms with Gasteiger partial charge in [0.15, 0.2) is 0 Å². The molecule has 2 aliphatic heterocycles. The minimum absolute atomic E-state index is 0.0284. The van der Waals surface area contributed by atoms with Crippen molar-refractivity contribution in [1.29, 1.82) is 0 Å². The number of benzene rings is 1. The van der Waals surface area contributed by atoms with E-state index in [0.29, 0.717) is 31.2 Å². The summed E-state index contributed by atoms with van der Waals surface area (Å²) in [5.74, 6) is -0.194. The number of nitrogens with zero attached hydrogens (tertiary/aromatic N) is 4. The first-order chi connectivity index (χ1) is 14.5. The quantitative estimate of drug-likeness (QED) is 0.676. The number of anilines is 1. The molecule has 3 heterocycles. The molecule has 1 saturated heterocycles. The van der Waals surface area contributed by atoms with Gasteiger partial charge in [-0.2, -0.15) is 0 Å². The maximum Gasteiger partial charge on any atom is 0.247 e. The number of fused-ring (bicyclic) bond motifs is 1. The number of rotatable bonds is 3. The molecule has 1 aromatic carbocycles. The zero-order valence-corrected chi connectivity index (χ0v) is 18.1. The van der Waals surface area contributed by atoms with Crippen LogP contribution in [0, 0.1) is 0 Å². The van der Waals surface area contributed by atoms with Gasteiger partial charge in [0.1, 0.15) is 0 Å². The third-order valence-corrected chi connectivity index (χ3v) is 5.99. The molecular weight excluding hydrogens is 423 g/mol. The smallest absolute Gasteiger partial charge is 0.247 e. The van der Waals surface area contributed by atoms with Crippen LogP contribution in [0.1, 0.15) is 29.8 Å². The summed E-state index contributed by atoms with van der Waals surface area (Å²) in [6.07, 6.45) is 3.14. The molecule has 1 fully saturated rings. The molecule has 0 saturated carbocycles. The molecule has 2 aromatic rings. The Morgan fingerprint density at radius 2 is 2.03 bits per heavy atom. The number of carbonyl (C=O) groups excluding carboxylic acids is 2. The molecule has 0 aliphatic carbocycles. The molecule has 1 atom stereocenters. The minimum Gasteiger partial charge on any atom is -0.361 e. The monoisotopic (exact) mass is 444 g/mol. The fourth-order valence-electron chi connectivity index (χ4n) is 4.16. The van der Waals surface area contributed by atoms with Crippen LogP contribution < -0.4 is 4.90 Å². The average Bonchev–Trinajstić information content (AvgIpc) is 3.17. The molecule has 2 aliphatic rings. The number of carbonyl (C=O) groups is 2. The first-order valence-corrected chi connectivity index (χ1v) is 10.6. The largest absolute Gasteiger partial charge is 0.361 e. The number of hydrogen-bond acceptors (Lipinski definition) is 4. The summed E-state index contributed by atoms with van der Waals surface area (Å²) in [4.78, 5) is 34.8. The second-order valence-corrected chi connectivity index (χ2v) is 8.20. The predicted molar refractivity (Wildman–Crippen MR) is 117 cm³/mol. The van der Waals surface area contributed by atoms with Crippen molar-refractivity contribution in [3.8, 4) is 0 Å². The predicted octanol–water partition coefficient (Wildman–Crippen LogP) is 3.74. The van der Waals surface area contributed by atoms with Gasteiger partial charge in [0.2, 0.25) is 11.8 Å². The SMILES string of the molecule is CC(=O)N1CCN(C(=O)/C=C\Cl)C[C@H]1c1cc(Cl)cc(N2Cc3cccnc3C2)c1. The Morgan fingerprint density at radius 1 is 1.20 bits per heavy atom. The van der Waals surface area contributed by atoms with Crippen molar-refractivity contribution in [2.75, 3.05) is 24.5 Å². The van der Waals surface area contributed by atoms with Gasteiger partial charge in [0.25, 0.3) is 0 Å². The van der Waals surface area contributed by atoms with Gasteiger partial charge in [0, 0.05) is 61.6 Å². The summed E-state index contributed by atoms with van der Waals surface area (Å²) in [5, 5.41) is 0.596. The van der Waals surface area contributed by atoms with E-state index >= 15 is 0 Å². The molecule has 4 rings (SSSR count). The Hall–Kier alpha value is -2.57. The highest BCUT2D eigenvalue weighted by molar-refractivity contribution is 6.31. The van der Waals surface area contributed by atoms with E-state index in [1.807, 2.05) is 18.2 Å². The molecule has 156 valence electrons. The minimum atomic E-state index is -0.274. The van der Waals surface area contributed by atoms with E-state index in [4.69, 9.17) is 23.2 Å². The first kappa shape index (κ1) is 20.7. The lowest BCUT2D eigenvalue weighted by Gasteiger charge is -2.41. The first-order valence-electron chi connectivity index (χ1n) is 9.77. The molecular formula is C22H22Cl2N4O2. The maximum atomic E-state index is 12.3.